The summed E-state index contributed by atoms with van der Waals surface area (Å²) in [6.45, 7) is 0. The van der Waals surface area contributed by atoms with E-state index in [9.17, 15) is 8.42 Å². The van der Waals surface area contributed by atoms with E-state index in [1.807, 2.05) is 6.08 Å². The number of sulfone groups is 1. The molecule has 0 aromatic rings. The van der Waals surface area contributed by atoms with Crippen LogP contribution >= 0.6 is 0 Å². The first-order valence-corrected chi connectivity index (χ1v) is 5.90. The van der Waals surface area contributed by atoms with Crippen LogP contribution in [0.15, 0.2) is 23.6 Å². The van der Waals surface area contributed by atoms with Crippen molar-refractivity contribution in [3.8, 4) is 0 Å². The largest absolute Gasteiger partial charge is 0.224 e. The number of hydrogen-bond donors (Lipinski definition) is 0. The van der Waals surface area contributed by atoms with Crippen molar-refractivity contribution in [1.82, 2.24) is 0 Å². The maximum absolute atomic E-state index is 11.5. The van der Waals surface area contributed by atoms with Crippen LogP contribution in [-0.2, 0) is 9.84 Å². The summed E-state index contributed by atoms with van der Waals surface area (Å²) in [5.74, 6) is 1.11. The lowest BCUT2D eigenvalue weighted by atomic mass is 9.94. The standard InChI is InChI=1S/C9H10O2S/c10-12(11)4-3-8-6-1-2-7(5-6)9(8)12/h1-4,6-9H,5H2. The van der Waals surface area contributed by atoms with Gasteiger partial charge in [-0.3, -0.25) is 0 Å². The van der Waals surface area contributed by atoms with Crippen molar-refractivity contribution in [2.75, 3.05) is 0 Å². The minimum absolute atomic E-state index is 0.104. The Labute approximate surface area is 71.9 Å². The summed E-state index contributed by atoms with van der Waals surface area (Å²) in [4.78, 5) is 0. The normalized spacial score (nSPS) is 51.7. The molecule has 0 saturated heterocycles. The highest BCUT2D eigenvalue weighted by Gasteiger charge is 2.51. The van der Waals surface area contributed by atoms with E-state index >= 15 is 0 Å². The van der Waals surface area contributed by atoms with Gasteiger partial charge in [-0.15, -0.1) is 0 Å². The lowest BCUT2D eigenvalue weighted by Crippen LogP contribution is -2.26. The topological polar surface area (TPSA) is 34.1 Å². The lowest BCUT2D eigenvalue weighted by molar-refractivity contribution is 0.533. The molecule has 3 aliphatic rings. The molecule has 64 valence electrons. The number of allylic oxidation sites excluding steroid dienone is 3. The second-order valence-electron chi connectivity index (χ2n) is 3.91. The van der Waals surface area contributed by atoms with Gasteiger partial charge in [-0.1, -0.05) is 18.2 Å². The zero-order valence-electron chi connectivity index (χ0n) is 6.55. The van der Waals surface area contributed by atoms with Gasteiger partial charge in [0.25, 0.3) is 0 Å². The van der Waals surface area contributed by atoms with E-state index in [-0.39, 0.29) is 5.25 Å². The molecule has 12 heavy (non-hydrogen) atoms. The van der Waals surface area contributed by atoms with Crippen LogP contribution < -0.4 is 0 Å². The van der Waals surface area contributed by atoms with Crippen molar-refractivity contribution < 1.29 is 8.42 Å². The van der Waals surface area contributed by atoms with Crippen LogP contribution in [0.4, 0.5) is 0 Å². The zero-order chi connectivity index (χ0) is 8.34. The molecule has 3 heteroatoms. The average molecular weight is 182 g/mol. The van der Waals surface area contributed by atoms with E-state index in [4.69, 9.17) is 0 Å². The number of hydrogen-bond acceptors (Lipinski definition) is 2. The zero-order valence-corrected chi connectivity index (χ0v) is 7.37. The molecule has 2 bridgehead atoms. The summed E-state index contributed by atoms with van der Waals surface area (Å²) in [5, 5.41) is 1.31. The van der Waals surface area contributed by atoms with Crippen LogP contribution in [0, 0.1) is 17.8 Å². The molecular formula is C9H10O2S. The van der Waals surface area contributed by atoms with Crippen molar-refractivity contribution in [2.45, 2.75) is 11.7 Å². The molecule has 0 spiro atoms. The molecule has 4 atom stereocenters. The molecule has 0 aromatic carbocycles. The van der Waals surface area contributed by atoms with Crippen LogP contribution in [0.5, 0.6) is 0 Å². The number of fused-ring (bicyclic) bond motifs is 5. The van der Waals surface area contributed by atoms with Gasteiger partial charge in [0.15, 0.2) is 9.84 Å². The van der Waals surface area contributed by atoms with E-state index in [1.54, 1.807) is 0 Å². The lowest BCUT2D eigenvalue weighted by Gasteiger charge is -2.18. The summed E-state index contributed by atoms with van der Waals surface area (Å²) in [6.07, 6.45) is 7.19. The van der Waals surface area contributed by atoms with Crippen LogP contribution in [-0.4, -0.2) is 13.7 Å². The van der Waals surface area contributed by atoms with E-state index in [0.29, 0.717) is 17.8 Å². The minimum atomic E-state index is -2.89. The van der Waals surface area contributed by atoms with Gasteiger partial charge in [0.1, 0.15) is 0 Å². The molecule has 1 saturated carbocycles. The Bertz CT molecular complexity index is 377. The molecule has 1 fully saturated rings. The van der Waals surface area contributed by atoms with Crippen molar-refractivity contribution in [3.63, 3.8) is 0 Å². The van der Waals surface area contributed by atoms with Gasteiger partial charge in [-0.05, 0) is 18.3 Å². The van der Waals surface area contributed by atoms with E-state index in [0.717, 1.165) is 6.42 Å². The number of rotatable bonds is 0. The van der Waals surface area contributed by atoms with E-state index in [2.05, 4.69) is 12.2 Å². The van der Waals surface area contributed by atoms with Crippen LogP contribution in [0.1, 0.15) is 6.42 Å². The highest BCUT2D eigenvalue weighted by molar-refractivity contribution is 7.95. The molecule has 0 aromatic heterocycles. The first-order chi connectivity index (χ1) is 5.68. The van der Waals surface area contributed by atoms with Gasteiger partial charge >= 0.3 is 0 Å². The Morgan fingerprint density at radius 3 is 2.58 bits per heavy atom. The molecule has 1 heterocycles. The molecule has 2 aliphatic carbocycles. The highest BCUT2D eigenvalue weighted by Crippen LogP contribution is 2.50. The minimum Gasteiger partial charge on any atom is -0.224 e. The van der Waals surface area contributed by atoms with Crippen molar-refractivity contribution in [1.29, 1.82) is 0 Å². The smallest absolute Gasteiger partial charge is 0.175 e. The molecular weight excluding hydrogens is 172 g/mol. The molecule has 2 nitrogen and oxygen atoms in total. The fourth-order valence-corrected chi connectivity index (χ4v) is 4.82. The quantitative estimate of drug-likeness (QED) is 0.526. The molecule has 0 N–H and O–H groups in total. The summed E-state index contributed by atoms with van der Waals surface area (Å²) < 4.78 is 23.0. The third-order valence-corrected chi connectivity index (χ3v) is 5.27. The van der Waals surface area contributed by atoms with Gasteiger partial charge in [-0.25, -0.2) is 8.42 Å². The van der Waals surface area contributed by atoms with Crippen molar-refractivity contribution >= 4 is 9.84 Å². The molecule has 1 aliphatic heterocycles. The molecule has 3 rings (SSSR count). The van der Waals surface area contributed by atoms with E-state index < -0.39 is 9.84 Å². The third kappa shape index (κ3) is 0.637. The van der Waals surface area contributed by atoms with Gasteiger partial charge in [-0.2, -0.15) is 0 Å². The Hall–Kier alpha value is -0.570. The predicted molar refractivity (Wildman–Crippen MR) is 46.1 cm³/mol. The van der Waals surface area contributed by atoms with Gasteiger partial charge < -0.3 is 0 Å². The van der Waals surface area contributed by atoms with E-state index in [1.165, 1.54) is 5.41 Å². The van der Waals surface area contributed by atoms with Crippen LogP contribution in [0.2, 0.25) is 0 Å². The second kappa shape index (κ2) is 1.84. The van der Waals surface area contributed by atoms with Gasteiger partial charge in [0, 0.05) is 11.3 Å². The summed E-state index contributed by atoms with van der Waals surface area (Å²) in [6, 6.07) is 0. The summed E-state index contributed by atoms with van der Waals surface area (Å²) in [7, 11) is -2.89. The third-order valence-electron chi connectivity index (χ3n) is 3.32. The summed E-state index contributed by atoms with van der Waals surface area (Å²) >= 11 is 0. The molecule has 0 amide bonds. The maximum atomic E-state index is 11.5. The summed E-state index contributed by atoms with van der Waals surface area (Å²) in [5.41, 5.74) is 0. The van der Waals surface area contributed by atoms with Gasteiger partial charge in [0.05, 0.1) is 5.25 Å². The Balaban J connectivity index is 2.16. The second-order valence-corrected chi connectivity index (χ2v) is 5.90. The van der Waals surface area contributed by atoms with Crippen LogP contribution in [0.3, 0.4) is 0 Å². The monoisotopic (exact) mass is 182 g/mol. The Morgan fingerprint density at radius 1 is 1.08 bits per heavy atom. The fourth-order valence-electron chi connectivity index (χ4n) is 2.82. The fraction of sp³-hybridized carbons (Fsp3) is 0.556. The predicted octanol–water partition coefficient (Wildman–Crippen LogP) is 1.12. The SMILES string of the molecule is O=S1(=O)C=CC2C3C=CC(C3)C21. The van der Waals surface area contributed by atoms with Crippen molar-refractivity contribution in [3.05, 3.63) is 23.6 Å². The van der Waals surface area contributed by atoms with Crippen molar-refractivity contribution in [2.24, 2.45) is 17.8 Å². The molecule has 0 radical (unpaired) electrons. The van der Waals surface area contributed by atoms with Gasteiger partial charge in [0.2, 0.25) is 0 Å². The average Bonchev–Trinajstić information content (AvgIpc) is 2.61. The Kier molecular flexibility index (Phi) is 1.06. The molecule has 4 unspecified atom stereocenters. The maximum Gasteiger partial charge on any atom is 0.175 e. The first-order valence-electron chi connectivity index (χ1n) is 4.29. The highest BCUT2D eigenvalue weighted by atomic mass is 32.2. The first kappa shape index (κ1) is 6.89. The van der Waals surface area contributed by atoms with Crippen LogP contribution in [0.25, 0.3) is 0 Å². The Morgan fingerprint density at radius 2 is 1.83 bits per heavy atom.